The first-order chi connectivity index (χ1) is 17.3. The number of benzene rings is 1. The molecule has 1 aliphatic heterocycles. The molecule has 3 atom stereocenters. The number of hydrogen-bond acceptors (Lipinski definition) is 6. The molecule has 196 valence electrons. The van der Waals surface area contributed by atoms with Gasteiger partial charge in [-0.3, -0.25) is 14.7 Å². The Bertz CT molecular complexity index is 1000. The summed E-state index contributed by atoms with van der Waals surface area (Å²) in [5.41, 5.74) is 2.11. The molecule has 0 saturated carbocycles. The number of pyridine rings is 1. The van der Waals surface area contributed by atoms with Crippen molar-refractivity contribution >= 4 is 17.6 Å². The van der Waals surface area contributed by atoms with Gasteiger partial charge in [0.2, 0.25) is 0 Å². The van der Waals surface area contributed by atoms with Crippen LogP contribution in [0.25, 0.3) is 0 Å². The van der Waals surface area contributed by atoms with Crippen molar-refractivity contribution in [1.29, 1.82) is 0 Å². The minimum Gasteiger partial charge on any atom is -0.491 e. The Kier molecular flexibility index (Phi) is 10.1. The lowest BCUT2D eigenvalue weighted by Gasteiger charge is -2.36. The SMILES string of the molecule is CCCNC(=O)Nc1ccc2c(c1)C(=O)N(C)C[C@H](OC)[C@@H](C)CN(Cc1ccncc1)[C@H](C)CO2. The number of rotatable bonds is 6. The van der Waals surface area contributed by atoms with Crippen molar-refractivity contribution in [3.8, 4) is 5.75 Å². The van der Waals surface area contributed by atoms with E-state index in [2.05, 4.69) is 34.4 Å². The van der Waals surface area contributed by atoms with Crippen molar-refractivity contribution < 1.29 is 19.1 Å². The lowest BCUT2D eigenvalue weighted by atomic mass is 10.0. The van der Waals surface area contributed by atoms with Crippen LogP contribution in [0, 0.1) is 5.92 Å². The molecule has 9 heteroatoms. The van der Waals surface area contributed by atoms with Crippen molar-refractivity contribution in [3.05, 3.63) is 53.9 Å². The van der Waals surface area contributed by atoms with E-state index >= 15 is 0 Å². The van der Waals surface area contributed by atoms with Gasteiger partial charge in [-0.15, -0.1) is 0 Å². The van der Waals surface area contributed by atoms with Gasteiger partial charge in [-0.1, -0.05) is 13.8 Å². The third-order valence-electron chi connectivity index (χ3n) is 6.50. The fourth-order valence-corrected chi connectivity index (χ4v) is 4.29. The normalized spacial score (nSPS) is 21.5. The number of urea groups is 1. The number of anilines is 1. The molecule has 1 aliphatic rings. The molecule has 0 unspecified atom stereocenters. The number of aromatic nitrogens is 1. The fourth-order valence-electron chi connectivity index (χ4n) is 4.29. The maximum absolute atomic E-state index is 13.5. The van der Waals surface area contributed by atoms with Gasteiger partial charge in [0.15, 0.2) is 0 Å². The smallest absolute Gasteiger partial charge is 0.319 e. The maximum Gasteiger partial charge on any atom is 0.319 e. The number of nitrogens with one attached hydrogen (secondary N) is 2. The number of methoxy groups -OCH3 is 1. The minimum atomic E-state index is -0.305. The first kappa shape index (κ1) is 27.4. The molecule has 3 rings (SSSR count). The summed E-state index contributed by atoms with van der Waals surface area (Å²) < 4.78 is 12.0. The van der Waals surface area contributed by atoms with Crippen LogP contribution >= 0.6 is 0 Å². The van der Waals surface area contributed by atoms with E-state index in [1.54, 1.807) is 49.7 Å². The zero-order chi connectivity index (χ0) is 26.1. The lowest BCUT2D eigenvalue weighted by molar-refractivity contribution is 0.00921. The summed E-state index contributed by atoms with van der Waals surface area (Å²) in [5.74, 6) is 0.479. The van der Waals surface area contributed by atoms with E-state index in [0.717, 1.165) is 19.5 Å². The number of amides is 3. The fraction of sp³-hybridized carbons (Fsp3) is 0.519. The van der Waals surface area contributed by atoms with E-state index in [1.807, 2.05) is 19.1 Å². The Balaban J connectivity index is 1.89. The second-order valence-corrected chi connectivity index (χ2v) is 9.47. The molecule has 3 amide bonds. The molecule has 1 aromatic heterocycles. The Labute approximate surface area is 214 Å². The predicted molar refractivity (Wildman–Crippen MR) is 140 cm³/mol. The Morgan fingerprint density at radius 2 is 1.94 bits per heavy atom. The molecule has 2 heterocycles. The van der Waals surface area contributed by atoms with Crippen LogP contribution in [0.5, 0.6) is 5.75 Å². The summed E-state index contributed by atoms with van der Waals surface area (Å²) >= 11 is 0. The number of fused-ring (bicyclic) bond motifs is 1. The van der Waals surface area contributed by atoms with Gasteiger partial charge in [0.1, 0.15) is 12.4 Å². The molecule has 0 spiro atoms. The zero-order valence-electron chi connectivity index (χ0n) is 22.0. The zero-order valence-corrected chi connectivity index (χ0v) is 22.0. The molecule has 0 bridgehead atoms. The average Bonchev–Trinajstić information content (AvgIpc) is 2.88. The van der Waals surface area contributed by atoms with Gasteiger partial charge in [0.05, 0.1) is 11.7 Å². The molecule has 0 aliphatic carbocycles. The van der Waals surface area contributed by atoms with Crippen molar-refractivity contribution in [2.75, 3.05) is 45.7 Å². The second kappa shape index (κ2) is 13.2. The quantitative estimate of drug-likeness (QED) is 0.633. The van der Waals surface area contributed by atoms with Gasteiger partial charge in [-0.05, 0) is 55.2 Å². The van der Waals surface area contributed by atoms with E-state index in [0.29, 0.717) is 36.7 Å². The first-order valence-corrected chi connectivity index (χ1v) is 12.5. The van der Waals surface area contributed by atoms with Gasteiger partial charge in [-0.2, -0.15) is 0 Å². The first-order valence-electron chi connectivity index (χ1n) is 12.5. The summed E-state index contributed by atoms with van der Waals surface area (Å²) in [7, 11) is 3.46. The molecule has 0 radical (unpaired) electrons. The highest BCUT2D eigenvalue weighted by Gasteiger charge is 2.28. The summed E-state index contributed by atoms with van der Waals surface area (Å²) in [6.45, 7) is 9.22. The van der Waals surface area contributed by atoms with E-state index in [4.69, 9.17) is 9.47 Å². The number of ether oxygens (including phenoxy) is 2. The van der Waals surface area contributed by atoms with Crippen molar-refractivity contribution in [3.63, 3.8) is 0 Å². The number of likely N-dealkylation sites (N-methyl/N-ethyl adjacent to an activating group) is 1. The number of hydrogen-bond donors (Lipinski definition) is 2. The third-order valence-corrected chi connectivity index (χ3v) is 6.50. The summed E-state index contributed by atoms with van der Waals surface area (Å²) in [6.07, 6.45) is 4.30. The minimum absolute atomic E-state index is 0.0795. The molecule has 2 aromatic rings. The molecule has 0 saturated heterocycles. The molecule has 9 nitrogen and oxygen atoms in total. The molecular formula is C27H39N5O4. The predicted octanol–water partition coefficient (Wildman–Crippen LogP) is 3.62. The summed E-state index contributed by atoms with van der Waals surface area (Å²) in [5, 5.41) is 5.59. The Hall–Kier alpha value is -3.17. The van der Waals surface area contributed by atoms with Crippen LogP contribution in [0.1, 0.15) is 43.1 Å². The summed E-state index contributed by atoms with van der Waals surface area (Å²) in [4.78, 5) is 33.8. The van der Waals surface area contributed by atoms with E-state index in [9.17, 15) is 9.59 Å². The van der Waals surface area contributed by atoms with E-state index in [1.165, 1.54) is 5.56 Å². The van der Waals surface area contributed by atoms with Crippen LogP contribution in [-0.2, 0) is 11.3 Å². The van der Waals surface area contributed by atoms with Crippen LogP contribution in [0.2, 0.25) is 0 Å². The van der Waals surface area contributed by atoms with Crippen LogP contribution in [0.3, 0.4) is 0 Å². The molecule has 36 heavy (non-hydrogen) atoms. The van der Waals surface area contributed by atoms with Gasteiger partial charge in [0.25, 0.3) is 5.91 Å². The van der Waals surface area contributed by atoms with Crippen LogP contribution < -0.4 is 15.4 Å². The molecular weight excluding hydrogens is 458 g/mol. The average molecular weight is 498 g/mol. The maximum atomic E-state index is 13.5. The number of nitrogens with zero attached hydrogens (tertiary/aromatic N) is 3. The van der Waals surface area contributed by atoms with Gasteiger partial charge < -0.3 is 25.0 Å². The Morgan fingerprint density at radius 3 is 2.64 bits per heavy atom. The van der Waals surface area contributed by atoms with E-state index in [-0.39, 0.29) is 30.0 Å². The van der Waals surface area contributed by atoms with Gasteiger partial charge >= 0.3 is 6.03 Å². The van der Waals surface area contributed by atoms with E-state index < -0.39 is 0 Å². The van der Waals surface area contributed by atoms with Crippen molar-refractivity contribution in [2.45, 2.75) is 45.9 Å². The second-order valence-electron chi connectivity index (χ2n) is 9.47. The van der Waals surface area contributed by atoms with Gasteiger partial charge in [0, 0.05) is 64.5 Å². The van der Waals surface area contributed by atoms with Crippen molar-refractivity contribution in [2.24, 2.45) is 5.92 Å². The Morgan fingerprint density at radius 1 is 1.19 bits per heavy atom. The van der Waals surface area contributed by atoms with Crippen LogP contribution in [-0.4, -0.2) is 79.3 Å². The number of carbonyl (C=O) groups is 2. The highest BCUT2D eigenvalue weighted by atomic mass is 16.5. The van der Waals surface area contributed by atoms with Crippen LogP contribution in [0.4, 0.5) is 10.5 Å². The molecule has 1 aromatic carbocycles. The van der Waals surface area contributed by atoms with Crippen molar-refractivity contribution in [1.82, 2.24) is 20.1 Å². The molecule has 2 N–H and O–H groups in total. The highest BCUT2D eigenvalue weighted by molar-refractivity contribution is 5.99. The topological polar surface area (TPSA) is 96.0 Å². The monoisotopic (exact) mass is 497 g/mol. The lowest BCUT2D eigenvalue weighted by Crippen LogP contribution is -2.46. The standard InChI is InChI=1S/C27H39N5O4/c1-6-11-29-27(34)30-22-7-8-24-23(14-22)26(33)31(4)17-25(35-5)19(2)15-32(20(3)18-36-24)16-21-9-12-28-13-10-21/h7-10,12-14,19-20,25H,6,11,15-18H2,1-5H3,(H2,29,30,34)/t19-,20+,25-/m0/s1. The third kappa shape index (κ3) is 7.41. The highest BCUT2D eigenvalue weighted by Crippen LogP contribution is 2.26. The number of carbonyl (C=O) groups excluding carboxylic acids is 2. The summed E-state index contributed by atoms with van der Waals surface area (Å²) in [6, 6.07) is 9.00. The largest absolute Gasteiger partial charge is 0.491 e. The van der Waals surface area contributed by atoms with Gasteiger partial charge in [-0.25, -0.2) is 4.79 Å². The van der Waals surface area contributed by atoms with Crippen LogP contribution in [0.15, 0.2) is 42.7 Å². The molecule has 0 fully saturated rings.